The maximum absolute atomic E-state index is 13.2. The Morgan fingerprint density at radius 2 is 2.20 bits per heavy atom. The van der Waals surface area contributed by atoms with E-state index in [1.165, 1.54) is 0 Å². The summed E-state index contributed by atoms with van der Waals surface area (Å²) in [5.74, 6) is 1.16. The minimum Gasteiger partial charge on any atom is -0.381 e. The van der Waals surface area contributed by atoms with Crippen molar-refractivity contribution in [2.45, 2.75) is 38.3 Å². The first-order valence-electron chi connectivity index (χ1n) is 8.92. The topological polar surface area (TPSA) is 69.0 Å². The zero-order chi connectivity index (χ0) is 17.4. The van der Waals surface area contributed by atoms with Crippen molar-refractivity contribution >= 4 is 11.6 Å². The van der Waals surface area contributed by atoms with Gasteiger partial charge in [-0.15, -0.1) is 10.2 Å². The van der Waals surface area contributed by atoms with Crippen LogP contribution in [0.4, 0.5) is 0 Å². The summed E-state index contributed by atoms with van der Waals surface area (Å²) in [5.41, 5.74) is 1.41. The number of aromatic nitrogens is 3. The molecule has 0 aromatic carbocycles. The van der Waals surface area contributed by atoms with Gasteiger partial charge in [-0.1, -0.05) is 6.42 Å². The maximum atomic E-state index is 13.2. The first-order chi connectivity index (χ1) is 12.2. The smallest absolute Gasteiger partial charge is 0.255 e. The van der Waals surface area contributed by atoms with Gasteiger partial charge in [0.1, 0.15) is 5.82 Å². The molecule has 1 aliphatic heterocycles. The number of methoxy groups -OCH3 is 1. The lowest BCUT2D eigenvalue weighted by atomic mass is 9.93. The van der Waals surface area contributed by atoms with E-state index in [4.69, 9.17) is 9.47 Å². The molecule has 7 nitrogen and oxygen atoms in total. The number of carbonyl (C=O) groups is 1. The van der Waals surface area contributed by atoms with E-state index in [1.54, 1.807) is 7.11 Å². The van der Waals surface area contributed by atoms with Crippen LogP contribution in [0.15, 0.2) is 18.3 Å². The second-order valence-electron chi connectivity index (χ2n) is 6.90. The molecule has 3 heterocycles. The number of carbonyl (C=O) groups excluding carboxylic acids is 1. The molecule has 0 bridgehead atoms. The summed E-state index contributed by atoms with van der Waals surface area (Å²) in [6, 6.07) is 3.75. The Morgan fingerprint density at radius 3 is 3.04 bits per heavy atom. The fraction of sp³-hybridized carbons (Fsp3) is 0.611. The van der Waals surface area contributed by atoms with Crippen LogP contribution in [0.1, 0.15) is 35.4 Å². The average molecular weight is 344 g/mol. The molecule has 2 aromatic rings. The Bertz CT molecular complexity index is 775. The molecule has 0 spiro atoms. The quantitative estimate of drug-likeness (QED) is 0.848. The number of ether oxygens (including phenoxy) is 2. The summed E-state index contributed by atoms with van der Waals surface area (Å²) in [4.78, 5) is 15.2. The van der Waals surface area contributed by atoms with Gasteiger partial charge in [-0.2, -0.15) is 0 Å². The number of morpholine rings is 1. The third-order valence-corrected chi connectivity index (χ3v) is 5.55. The second-order valence-corrected chi connectivity index (χ2v) is 6.90. The van der Waals surface area contributed by atoms with Crippen LogP contribution in [0.25, 0.3) is 5.65 Å². The Hall–Kier alpha value is -1.99. The van der Waals surface area contributed by atoms with Crippen LogP contribution in [0.3, 0.4) is 0 Å². The third kappa shape index (κ3) is 2.91. The first-order valence-corrected chi connectivity index (χ1v) is 8.92. The molecular weight excluding hydrogens is 320 g/mol. The number of aryl methyl sites for hydroxylation is 1. The molecule has 1 aliphatic carbocycles. The Morgan fingerprint density at radius 1 is 1.32 bits per heavy atom. The highest BCUT2D eigenvalue weighted by Crippen LogP contribution is 2.34. The van der Waals surface area contributed by atoms with Crippen LogP contribution in [0, 0.1) is 12.8 Å². The summed E-state index contributed by atoms with van der Waals surface area (Å²) in [6.07, 6.45) is 5.34. The number of fused-ring (bicyclic) bond motifs is 1. The van der Waals surface area contributed by atoms with E-state index in [0.717, 1.165) is 30.7 Å². The van der Waals surface area contributed by atoms with Crippen molar-refractivity contribution < 1.29 is 14.3 Å². The maximum Gasteiger partial charge on any atom is 0.255 e. The van der Waals surface area contributed by atoms with E-state index in [-0.39, 0.29) is 18.1 Å². The molecule has 2 aromatic heterocycles. The minimum atomic E-state index is 0.0463. The normalized spacial score (nSPS) is 27.1. The highest BCUT2D eigenvalue weighted by atomic mass is 16.5. The van der Waals surface area contributed by atoms with E-state index in [9.17, 15) is 4.79 Å². The monoisotopic (exact) mass is 344 g/mol. The van der Waals surface area contributed by atoms with E-state index in [0.29, 0.717) is 31.2 Å². The molecule has 3 atom stereocenters. The van der Waals surface area contributed by atoms with Crippen molar-refractivity contribution in [3.8, 4) is 0 Å². The summed E-state index contributed by atoms with van der Waals surface area (Å²) in [5, 5.41) is 8.14. The van der Waals surface area contributed by atoms with Crippen molar-refractivity contribution in [2.24, 2.45) is 5.92 Å². The highest BCUT2D eigenvalue weighted by molar-refractivity contribution is 5.94. The zero-order valence-electron chi connectivity index (χ0n) is 14.7. The minimum absolute atomic E-state index is 0.0463. The molecule has 4 rings (SSSR count). The van der Waals surface area contributed by atoms with Gasteiger partial charge in [-0.05, 0) is 31.9 Å². The standard InChI is InChI=1S/C18H24N4O3/c1-12-19-20-17-7-6-13(10-22(12)17)18(23)21-8-9-25-11-15(21)14-4-3-5-16(14)24-2/h6-7,10,14-16H,3-5,8-9,11H2,1-2H3/t14-,15+,16+/m0/s1. The van der Waals surface area contributed by atoms with Gasteiger partial charge in [0, 0.05) is 25.8 Å². The van der Waals surface area contributed by atoms with Gasteiger partial charge in [-0.25, -0.2) is 0 Å². The van der Waals surface area contributed by atoms with Crippen molar-refractivity contribution in [2.75, 3.05) is 26.9 Å². The molecular formula is C18H24N4O3. The van der Waals surface area contributed by atoms with Crippen LogP contribution < -0.4 is 0 Å². The van der Waals surface area contributed by atoms with Gasteiger partial charge in [-0.3, -0.25) is 9.20 Å². The molecule has 1 amide bonds. The third-order valence-electron chi connectivity index (χ3n) is 5.55. The summed E-state index contributed by atoms with van der Waals surface area (Å²) >= 11 is 0. The average Bonchev–Trinajstić information content (AvgIpc) is 3.27. The lowest BCUT2D eigenvalue weighted by Gasteiger charge is -2.40. The zero-order valence-corrected chi connectivity index (χ0v) is 14.7. The molecule has 2 aliphatic rings. The molecule has 0 N–H and O–H groups in total. The van der Waals surface area contributed by atoms with Gasteiger partial charge < -0.3 is 14.4 Å². The number of hydrogen-bond acceptors (Lipinski definition) is 5. The van der Waals surface area contributed by atoms with E-state index in [2.05, 4.69) is 10.2 Å². The lowest BCUT2D eigenvalue weighted by Crippen LogP contribution is -2.53. The van der Waals surface area contributed by atoms with Crippen LogP contribution >= 0.6 is 0 Å². The number of pyridine rings is 1. The SMILES string of the molecule is CO[C@@H]1CCC[C@H]1[C@H]1COCCN1C(=O)c1ccc2nnc(C)n2c1. The molecule has 1 saturated heterocycles. The molecule has 25 heavy (non-hydrogen) atoms. The van der Waals surface area contributed by atoms with Gasteiger partial charge in [0.25, 0.3) is 5.91 Å². The fourth-order valence-corrected chi connectivity index (χ4v) is 4.21. The van der Waals surface area contributed by atoms with Gasteiger partial charge >= 0.3 is 0 Å². The molecule has 2 fully saturated rings. The molecule has 0 radical (unpaired) electrons. The predicted octanol–water partition coefficient (Wildman–Crippen LogP) is 1.69. The summed E-state index contributed by atoms with van der Waals surface area (Å²) in [7, 11) is 1.77. The van der Waals surface area contributed by atoms with Crippen LogP contribution in [0.5, 0.6) is 0 Å². The van der Waals surface area contributed by atoms with Crippen LogP contribution in [-0.4, -0.2) is 64.4 Å². The first kappa shape index (κ1) is 16.5. The van der Waals surface area contributed by atoms with Crippen molar-refractivity contribution in [3.05, 3.63) is 29.7 Å². The lowest BCUT2D eigenvalue weighted by molar-refractivity contribution is -0.0460. The number of amides is 1. The van der Waals surface area contributed by atoms with Crippen LogP contribution in [-0.2, 0) is 9.47 Å². The van der Waals surface area contributed by atoms with Crippen molar-refractivity contribution in [1.29, 1.82) is 0 Å². The number of nitrogens with zero attached hydrogens (tertiary/aromatic N) is 4. The molecule has 1 saturated carbocycles. The molecule has 134 valence electrons. The van der Waals surface area contributed by atoms with E-state index < -0.39 is 0 Å². The summed E-state index contributed by atoms with van der Waals surface area (Å²) in [6.45, 7) is 3.67. The van der Waals surface area contributed by atoms with E-state index in [1.807, 2.05) is 34.6 Å². The Kier molecular flexibility index (Phi) is 4.43. The van der Waals surface area contributed by atoms with Crippen molar-refractivity contribution in [1.82, 2.24) is 19.5 Å². The van der Waals surface area contributed by atoms with E-state index >= 15 is 0 Å². The fourth-order valence-electron chi connectivity index (χ4n) is 4.21. The highest BCUT2D eigenvalue weighted by Gasteiger charge is 2.40. The molecule has 0 unspecified atom stereocenters. The van der Waals surface area contributed by atoms with Gasteiger partial charge in [0.15, 0.2) is 5.65 Å². The van der Waals surface area contributed by atoms with Crippen LogP contribution in [0.2, 0.25) is 0 Å². The Balaban J connectivity index is 1.62. The number of hydrogen-bond donors (Lipinski definition) is 0. The summed E-state index contributed by atoms with van der Waals surface area (Å²) < 4.78 is 13.2. The second kappa shape index (κ2) is 6.72. The van der Waals surface area contributed by atoms with Gasteiger partial charge in [0.05, 0.1) is 30.9 Å². The predicted molar refractivity (Wildman–Crippen MR) is 91.5 cm³/mol. The number of rotatable bonds is 3. The largest absolute Gasteiger partial charge is 0.381 e. The molecule has 7 heteroatoms. The van der Waals surface area contributed by atoms with Crippen molar-refractivity contribution in [3.63, 3.8) is 0 Å². The van der Waals surface area contributed by atoms with Gasteiger partial charge in [0.2, 0.25) is 0 Å². The Labute approximate surface area is 146 Å².